The molecule has 2 fully saturated rings. The molecule has 0 radical (unpaired) electrons. The van der Waals surface area contributed by atoms with Gasteiger partial charge in [0.05, 0.1) is 25.3 Å². The number of rotatable bonds is 10. The smallest absolute Gasteiger partial charge is 0.411 e. The third-order valence-electron chi connectivity index (χ3n) is 6.75. The van der Waals surface area contributed by atoms with Gasteiger partial charge < -0.3 is 19.2 Å². The normalized spacial score (nSPS) is 22.1. The summed E-state index contributed by atoms with van der Waals surface area (Å²) < 4.78 is 11.2. The molecule has 0 spiro atoms. The Morgan fingerprint density at radius 2 is 1.57 bits per heavy atom. The van der Waals surface area contributed by atoms with Crippen LogP contribution in [-0.4, -0.2) is 59.4 Å². The van der Waals surface area contributed by atoms with E-state index in [2.05, 4.69) is 0 Å². The third kappa shape index (κ3) is 5.17. The van der Waals surface area contributed by atoms with Crippen molar-refractivity contribution in [1.82, 2.24) is 9.80 Å². The van der Waals surface area contributed by atoms with E-state index in [0.717, 1.165) is 23.0 Å². The Labute approximate surface area is 215 Å². The standard InChI is InChI=1S/C30H28N2O5/c33-18-25(20-36-19-23-12-6-2-7-13-23)31-26(17-16-22-10-4-1-5-11-22)28(29(31)34)32-27(21-37-30(32)35)24-14-8-3-9-15-24/h1-18,25-28H,19-21H2/b17-16+. The number of β-lactam (4-membered cyclic amide) rings is 1. The number of nitrogens with zero attached hydrogens (tertiary/aromatic N) is 2. The van der Waals surface area contributed by atoms with Crippen LogP contribution in [-0.2, 0) is 25.7 Å². The largest absolute Gasteiger partial charge is 0.447 e. The molecule has 3 aromatic rings. The second-order valence-electron chi connectivity index (χ2n) is 9.07. The SMILES string of the molecule is O=CC(COCc1ccccc1)N1C(=O)C(N2C(=O)OCC2c2ccccc2)C1/C=C/c1ccccc1. The molecule has 0 saturated carbocycles. The number of cyclic esters (lactones) is 1. The van der Waals surface area contributed by atoms with E-state index in [1.165, 1.54) is 9.80 Å². The molecule has 0 bridgehead atoms. The first kappa shape index (κ1) is 24.5. The number of amides is 2. The lowest BCUT2D eigenvalue weighted by Gasteiger charge is -2.51. The highest BCUT2D eigenvalue weighted by Crippen LogP contribution is 2.38. The van der Waals surface area contributed by atoms with Gasteiger partial charge in [0.25, 0.3) is 0 Å². The minimum atomic E-state index is -0.785. The van der Waals surface area contributed by atoms with Gasteiger partial charge in [-0.15, -0.1) is 0 Å². The van der Waals surface area contributed by atoms with Crippen LogP contribution in [0.4, 0.5) is 4.79 Å². The van der Waals surface area contributed by atoms with Crippen LogP contribution in [0.15, 0.2) is 97.1 Å². The monoisotopic (exact) mass is 496 g/mol. The van der Waals surface area contributed by atoms with E-state index in [1.54, 1.807) is 0 Å². The highest BCUT2D eigenvalue weighted by molar-refractivity contribution is 5.95. The summed E-state index contributed by atoms with van der Waals surface area (Å²) >= 11 is 0. The van der Waals surface area contributed by atoms with Gasteiger partial charge in [-0.05, 0) is 16.7 Å². The minimum absolute atomic E-state index is 0.0547. The zero-order valence-corrected chi connectivity index (χ0v) is 20.3. The molecule has 2 aliphatic rings. The van der Waals surface area contributed by atoms with Gasteiger partial charge in [-0.1, -0.05) is 103 Å². The molecule has 188 valence electrons. The zero-order chi connectivity index (χ0) is 25.6. The van der Waals surface area contributed by atoms with Crippen molar-refractivity contribution in [2.24, 2.45) is 0 Å². The van der Waals surface area contributed by atoms with E-state index >= 15 is 0 Å². The van der Waals surface area contributed by atoms with Crippen molar-refractivity contribution < 1.29 is 23.9 Å². The van der Waals surface area contributed by atoms with Crippen LogP contribution in [0.2, 0.25) is 0 Å². The Bertz CT molecular complexity index is 1250. The molecule has 7 heteroatoms. The summed E-state index contributed by atoms with van der Waals surface area (Å²) in [6, 6.07) is 26.4. The van der Waals surface area contributed by atoms with Crippen LogP contribution in [0.5, 0.6) is 0 Å². The van der Waals surface area contributed by atoms with Crippen molar-refractivity contribution in [1.29, 1.82) is 0 Å². The summed E-state index contributed by atoms with van der Waals surface area (Å²) in [6.07, 6.45) is 3.98. The average Bonchev–Trinajstić information content (AvgIpc) is 3.32. The van der Waals surface area contributed by atoms with Crippen LogP contribution in [0.1, 0.15) is 22.7 Å². The van der Waals surface area contributed by atoms with Gasteiger partial charge in [-0.25, -0.2) is 4.79 Å². The summed E-state index contributed by atoms with van der Waals surface area (Å²) in [5, 5.41) is 0. The van der Waals surface area contributed by atoms with E-state index in [1.807, 2.05) is 103 Å². The lowest BCUT2D eigenvalue weighted by Crippen LogP contribution is -2.73. The molecule has 0 N–H and O–H groups in total. The molecule has 0 aliphatic carbocycles. The van der Waals surface area contributed by atoms with Crippen molar-refractivity contribution in [2.45, 2.75) is 30.8 Å². The van der Waals surface area contributed by atoms with Gasteiger partial charge in [0.2, 0.25) is 5.91 Å². The van der Waals surface area contributed by atoms with E-state index < -0.39 is 24.2 Å². The maximum absolute atomic E-state index is 13.6. The number of hydrogen-bond acceptors (Lipinski definition) is 5. The van der Waals surface area contributed by atoms with Crippen molar-refractivity contribution in [3.63, 3.8) is 0 Å². The molecule has 4 unspecified atom stereocenters. The Balaban J connectivity index is 1.39. The molecule has 2 aliphatic heterocycles. The first-order chi connectivity index (χ1) is 18.2. The Morgan fingerprint density at radius 3 is 2.24 bits per heavy atom. The highest BCUT2D eigenvalue weighted by atomic mass is 16.6. The molecule has 4 atom stereocenters. The van der Waals surface area contributed by atoms with Crippen LogP contribution in [0.3, 0.4) is 0 Å². The van der Waals surface area contributed by atoms with Crippen molar-refractivity contribution >= 4 is 24.4 Å². The molecular formula is C30H28N2O5. The van der Waals surface area contributed by atoms with Gasteiger partial charge in [0, 0.05) is 0 Å². The number of hydrogen-bond donors (Lipinski definition) is 0. The van der Waals surface area contributed by atoms with E-state index in [-0.39, 0.29) is 25.2 Å². The summed E-state index contributed by atoms with van der Waals surface area (Å²) in [5.74, 6) is -0.303. The molecular weight excluding hydrogens is 468 g/mol. The van der Waals surface area contributed by atoms with Gasteiger partial charge in [-0.3, -0.25) is 9.69 Å². The fourth-order valence-corrected chi connectivity index (χ4v) is 4.88. The fourth-order valence-electron chi connectivity index (χ4n) is 4.88. The van der Waals surface area contributed by atoms with Gasteiger partial charge in [-0.2, -0.15) is 0 Å². The Hall–Kier alpha value is -4.23. The first-order valence-corrected chi connectivity index (χ1v) is 12.3. The lowest BCUT2D eigenvalue weighted by atomic mass is 9.88. The molecule has 2 amide bonds. The van der Waals surface area contributed by atoms with Crippen molar-refractivity contribution in [3.8, 4) is 0 Å². The van der Waals surface area contributed by atoms with Crippen molar-refractivity contribution in [2.75, 3.05) is 13.2 Å². The number of ether oxygens (including phenoxy) is 2. The molecule has 5 rings (SSSR count). The molecule has 37 heavy (non-hydrogen) atoms. The maximum atomic E-state index is 13.6. The average molecular weight is 497 g/mol. The number of carbonyl (C=O) groups is 3. The molecule has 2 saturated heterocycles. The third-order valence-corrected chi connectivity index (χ3v) is 6.75. The molecule has 0 aromatic heterocycles. The van der Waals surface area contributed by atoms with Crippen LogP contribution >= 0.6 is 0 Å². The van der Waals surface area contributed by atoms with Crippen molar-refractivity contribution in [3.05, 3.63) is 114 Å². The van der Waals surface area contributed by atoms with E-state index in [0.29, 0.717) is 6.61 Å². The zero-order valence-electron chi connectivity index (χ0n) is 20.3. The van der Waals surface area contributed by atoms with E-state index in [4.69, 9.17) is 9.47 Å². The van der Waals surface area contributed by atoms with E-state index in [9.17, 15) is 14.4 Å². The molecule has 3 aromatic carbocycles. The number of likely N-dealkylation sites (tertiary alicyclic amines) is 1. The summed E-state index contributed by atoms with van der Waals surface area (Å²) in [6.45, 7) is 0.549. The predicted octanol–water partition coefficient (Wildman–Crippen LogP) is 4.26. The highest BCUT2D eigenvalue weighted by Gasteiger charge is 2.57. The molecule has 7 nitrogen and oxygen atoms in total. The number of aldehydes is 1. The number of carbonyl (C=O) groups excluding carboxylic acids is 3. The Kier molecular flexibility index (Phi) is 7.42. The Morgan fingerprint density at radius 1 is 0.919 bits per heavy atom. The van der Waals surface area contributed by atoms with Gasteiger partial charge in [0.1, 0.15) is 25.0 Å². The van der Waals surface area contributed by atoms with Crippen LogP contribution < -0.4 is 0 Å². The number of benzene rings is 3. The quantitative estimate of drug-likeness (QED) is 0.310. The second kappa shape index (κ2) is 11.2. The second-order valence-corrected chi connectivity index (χ2v) is 9.07. The van der Waals surface area contributed by atoms with Gasteiger partial charge >= 0.3 is 6.09 Å². The minimum Gasteiger partial charge on any atom is -0.447 e. The van der Waals surface area contributed by atoms with Gasteiger partial charge in [0.15, 0.2) is 0 Å². The summed E-state index contributed by atoms with van der Waals surface area (Å²) in [7, 11) is 0. The topological polar surface area (TPSA) is 76.2 Å². The lowest BCUT2D eigenvalue weighted by molar-refractivity contribution is -0.162. The predicted molar refractivity (Wildman–Crippen MR) is 138 cm³/mol. The summed E-state index contributed by atoms with van der Waals surface area (Å²) in [5.41, 5.74) is 2.82. The maximum Gasteiger partial charge on any atom is 0.411 e. The fraction of sp³-hybridized carbons (Fsp3) is 0.233. The van der Waals surface area contributed by atoms with Crippen LogP contribution in [0, 0.1) is 0 Å². The molecule has 2 heterocycles. The summed E-state index contributed by atoms with van der Waals surface area (Å²) in [4.78, 5) is 41.5. The van der Waals surface area contributed by atoms with Crippen LogP contribution in [0.25, 0.3) is 6.08 Å². The first-order valence-electron chi connectivity index (χ1n) is 12.3.